The summed E-state index contributed by atoms with van der Waals surface area (Å²) in [5.74, 6) is -0.905. The van der Waals surface area contributed by atoms with Gasteiger partial charge in [-0.15, -0.1) is 0 Å². The van der Waals surface area contributed by atoms with Crippen LogP contribution in [-0.2, 0) is 18.4 Å². The molecule has 1 unspecified atom stereocenters. The Balaban J connectivity index is 3.30. The second-order valence-corrected chi connectivity index (χ2v) is 9.14. The fourth-order valence-electron chi connectivity index (χ4n) is 3.04. The highest BCUT2D eigenvalue weighted by Crippen LogP contribution is 2.44. The Bertz CT molecular complexity index is 450. The van der Waals surface area contributed by atoms with Crippen LogP contribution in [0.1, 0.15) is 117 Å². The molecule has 0 saturated heterocycles. The van der Waals surface area contributed by atoms with Crippen LogP contribution in [0, 0.1) is 0 Å². The lowest BCUT2D eigenvalue weighted by Gasteiger charge is -2.11. The molecule has 1 atom stereocenters. The molecule has 0 aliphatic heterocycles. The average molecular weight is 419 g/mol. The molecular weight excluding hydrogens is 375 g/mol. The van der Waals surface area contributed by atoms with Gasteiger partial charge in [0.1, 0.15) is 0 Å². The Morgan fingerprint density at radius 3 is 1.50 bits per heavy atom. The second-order valence-electron chi connectivity index (χ2n) is 7.76. The van der Waals surface area contributed by atoms with Gasteiger partial charge >= 0.3 is 13.8 Å². The van der Waals surface area contributed by atoms with E-state index in [1.54, 1.807) is 0 Å². The van der Waals surface area contributed by atoms with Gasteiger partial charge in [0.25, 0.3) is 0 Å². The predicted octanol–water partition coefficient (Wildman–Crippen LogP) is 7.48. The summed E-state index contributed by atoms with van der Waals surface area (Å²) in [5.41, 5.74) is 0.0697. The number of hydrogen-bond acceptors (Lipinski definition) is 4. The van der Waals surface area contributed by atoms with Crippen LogP contribution in [0.3, 0.4) is 0 Å². The number of rotatable bonds is 20. The van der Waals surface area contributed by atoms with Gasteiger partial charge in [0.15, 0.2) is 0 Å². The minimum Gasteiger partial charge on any atom is -0.367 e. The van der Waals surface area contributed by atoms with E-state index in [0.717, 1.165) is 12.8 Å². The van der Waals surface area contributed by atoms with Crippen molar-refractivity contribution in [2.75, 3.05) is 6.61 Å². The highest BCUT2D eigenvalue weighted by molar-refractivity contribution is 7.48. The number of carbonyl (C=O) groups is 1. The number of hydrogen-bond donors (Lipinski definition) is 1. The van der Waals surface area contributed by atoms with Crippen molar-refractivity contribution < 1.29 is 23.3 Å². The fourth-order valence-corrected chi connectivity index (χ4v) is 3.82. The van der Waals surface area contributed by atoms with Gasteiger partial charge in [-0.2, -0.15) is 0 Å². The lowest BCUT2D eigenvalue weighted by molar-refractivity contribution is -0.131. The van der Waals surface area contributed by atoms with Crippen molar-refractivity contribution in [3.63, 3.8) is 0 Å². The molecule has 0 heterocycles. The molecule has 166 valence electrons. The molecule has 0 aromatic carbocycles. The van der Waals surface area contributed by atoms with Crippen LogP contribution in [0.5, 0.6) is 0 Å². The first kappa shape index (κ1) is 27.4. The number of phosphoric acid groups is 1. The Morgan fingerprint density at radius 1 is 0.786 bits per heavy atom. The lowest BCUT2D eigenvalue weighted by atomic mass is 10.0. The van der Waals surface area contributed by atoms with Gasteiger partial charge in [0, 0.05) is 5.57 Å². The normalized spacial score (nSPS) is 13.2. The van der Waals surface area contributed by atoms with Crippen molar-refractivity contribution >= 4 is 13.8 Å². The third kappa shape index (κ3) is 18.7. The molecular formula is C22H43O5P. The third-order valence-electron chi connectivity index (χ3n) is 4.80. The molecule has 0 saturated carbocycles. The zero-order valence-corrected chi connectivity index (χ0v) is 19.1. The third-order valence-corrected chi connectivity index (χ3v) is 5.70. The van der Waals surface area contributed by atoms with E-state index in [9.17, 15) is 14.3 Å². The fraction of sp³-hybridized carbons (Fsp3) is 0.864. The van der Waals surface area contributed by atoms with Gasteiger partial charge in [-0.05, 0) is 13.3 Å². The van der Waals surface area contributed by atoms with Gasteiger partial charge < -0.3 is 4.52 Å². The Hall–Kier alpha value is -0.640. The highest BCUT2D eigenvalue weighted by Gasteiger charge is 2.25. The quantitative estimate of drug-likeness (QED) is 0.126. The number of phosphoric ester groups is 1. The zero-order valence-electron chi connectivity index (χ0n) is 18.3. The van der Waals surface area contributed by atoms with Gasteiger partial charge in [0.2, 0.25) is 0 Å². The predicted molar refractivity (Wildman–Crippen MR) is 116 cm³/mol. The average Bonchev–Trinajstić information content (AvgIpc) is 2.63. The zero-order chi connectivity index (χ0) is 21.1. The first-order chi connectivity index (χ1) is 13.4. The topological polar surface area (TPSA) is 72.8 Å². The minimum atomic E-state index is -4.30. The lowest BCUT2D eigenvalue weighted by Crippen LogP contribution is -2.05. The van der Waals surface area contributed by atoms with Crippen LogP contribution in [0.2, 0.25) is 0 Å². The monoisotopic (exact) mass is 418 g/mol. The van der Waals surface area contributed by atoms with E-state index < -0.39 is 13.8 Å². The van der Waals surface area contributed by atoms with E-state index in [2.05, 4.69) is 18.0 Å². The molecule has 5 nitrogen and oxygen atoms in total. The standard InChI is InChI=1S/C22H43O5P/c1-4-5-6-7-8-9-10-11-12-13-14-15-16-17-18-19-20-26-28(24,25)27-22(23)21(2)3/h2,4-20H2,1,3H3,(H,24,25). The first-order valence-electron chi connectivity index (χ1n) is 11.3. The van der Waals surface area contributed by atoms with E-state index in [0.29, 0.717) is 6.42 Å². The van der Waals surface area contributed by atoms with Crippen LogP contribution < -0.4 is 0 Å². The van der Waals surface area contributed by atoms with E-state index in [1.165, 1.54) is 90.4 Å². The Labute approximate surface area is 172 Å². The van der Waals surface area contributed by atoms with Gasteiger partial charge in [0.05, 0.1) is 6.61 Å². The largest absolute Gasteiger partial charge is 0.529 e. The molecule has 1 N–H and O–H groups in total. The summed E-state index contributed by atoms with van der Waals surface area (Å²) in [6.07, 6.45) is 20.3. The smallest absolute Gasteiger partial charge is 0.367 e. The first-order valence-corrected chi connectivity index (χ1v) is 12.8. The van der Waals surface area contributed by atoms with Crippen LogP contribution in [0.15, 0.2) is 12.2 Å². The summed E-state index contributed by atoms with van der Waals surface area (Å²) in [6.45, 7) is 7.15. The van der Waals surface area contributed by atoms with Crippen molar-refractivity contribution in [3.8, 4) is 0 Å². The van der Waals surface area contributed by atoms with E-state index in [1.807, 2.05) is 0 Å². The van der Waals surface area contributed by atoms with Crippen LogP contribution in [-0.4, -0.2) is 17.5 Å². The minimum absolute atomic E-state index is 0.0697. The van der Waals surface area contributed by atoms with Crippen molar-refractivity contribution in [1.29, 1.82) is 0 Å². The summed E-state index contributed by atoms with van der Waals surface area (Å²) in [5, 5.41) is 0. The van der Waals surface area contributed by atoms with Crippen molar-refractivity contribution in [3.05, 3.63) is 12.2 Å². The molecule has 0 fully saturated rings. The van der Waals surface area contributed by atoms with E-state index >= 15 is 0 Å². The Morgan fingerprint density at radius 2 is 1.14 bits per heavy atom. The highest BCUT2D eigenvalue weighted by atomic mass is 31.2. The molecule has 0 aromatic heterocycles. The molecule has 6 heteroatoms. The molecule has 0 aliphatic rings. The summed E-state index contributed by atoms with van der Waals surface area (Å²) in [4.78, 5) is 20.6. The molecule has 0 radical (unpaired) electrons. The van der Waals surface area contributed by atoms with Crippen LogP contribution >= 0.6 is 7.82 Å². The molecule has 28 heavy (non-hydrogen) atoms. The summed E-state index contributed by atoms with van der Waals surface area (Å²) in [7, 11) is -4.30. The van der Waals surface area contributed by atoms with Gasteiger partial charge in [-0.25, -0.2) is 9.36 Å². The molecule has 0 aromatic rings. The molecule has 0 rings (SSSR count). The summed E-state index contributed by atoms with van der Waals surface area (Å²) >= 11 is 0. The van der Waals surface area contributed by atoms with E-state index in [-0.39, 0.29) is 12.2 Å². The summed E-state index contributed by atoms with van der Waals surface area (Å²) < 4.78 is 20.7. The SMILES string of the molecule is C=C(C)C(=O)OP(=O)(O)OCCCCCCCCCCCCCCCCCC. The second kappa shape index (κ2) is 18.4. The number of unbranched alkanes of at least 4 members (excludes halogenated alkanes) is 15. The van der Waals surface area contributed by atoms with Crippen molar-refractivity contribution in [2.24, 2.45) is 0 Å². The maximum atomic E-state index is 11.5. The molecule has 0 bridgehead atoms. The van der Waals surface area contributed by atoms with Gasteiger partial charge in [-0.3, -0.25) is 9.42 Å². The number of carbonyl (C=O) groups excluding carboxylic acids is 1. The van der Waals surface area contributed by atoms with Gasteiger partial charge in [-0.1, -0.05) is 110 Å². The van der Waals surface area contributed by atoms with Crippen LogP contribution in [0.25, 0.3) is 0 Å². The van der Waals surface area contributed by atoms with Crippen molar-refractivity contribution in [2.45, 2.75) is 117 Å². The van der Waals surface area contributed by atoms with Crippen LogP contribution in [0.4, 0.5) is 0 Å². The molecule has 0 aliphatic carbocycles. The maximum Gasteiger partial charge on any atom is 0.529 e. The summed E-state index contributed by atoms with van der Waals surface area (Å²) in [6, 6.07) is 0. The van der Waals surface area contributed by atoms with Crippen molar-refractivity contribution in [1.82, 2.24) is 0 Å². The molecule has 0 amide bonds. The molecule has 0 spiro atoms. The maximum absolute atomic E-state index is 11.5. The Kier molecular flexibility index (Phi) is 18.0. The van der Waals surface area contributed by atoms with E-state index in [4.69, 9.17) is 4.52 Å².